The molecule has 0 saturated carbocycles. The topological polar surface area (TPSA) is 86.7 Å². The molecule has 7 heteroatoms. The zero-order chi connectivity index (χ0) is 19.6. The van der Waals surface area contributed by atoms with E-state index >= 15 is 0 Å². The number of carboxylic acid groups (broad SMARTS) is 1. The van der Waals surface area contributed by atoms with Crippen molar-refractivity contribution in [2.24, 2.45) is 0 Å². The van der Waals surface area contributed by atoms with Gasteiger partial charge in [-0.15, -0.1) is 0 Å². The lowest BCUT2D eigenvalue weighted by atomic mass is 10.1. The second-order valence-corrected chi connectivity index (χ2v) is 8.08. The number of sulfonamides is 1. The lowest BCUT2D eigenvalue weighted by Gasteiger charge is -2.17. The SMILES string of the molecule is CN(C)c1cccc2c(S(=O)(=O)NCc3ccc(C(=O)O)cc3)cccc12. The van der Waals surface area contributed by atoms with Crippen molar-refractivity contribution >= 4 is 32.5 Å². The largest absolute Gasteiger partial charge is 0.478 e. The van der Waals surface area contributed by atoms with E-state index in [1.54, 1.807) is 30.3 Å². The van der Waals surface area contributed by atoms with Gasteiger partial charge in [0.2, 0.25) is 10.0 Å². The average Bonchev–Trinajstić information content (AvgIpc) is 2.65. The third-order valence-electron chi connectivity index (χ3n) is 4.30. The molecule has 0 aliphatic rings. The monoisotopic (exact) mass is 384 g/mol. The van der Waals surface area contributed by atoms with Crippen LogP contribution in [0, 0.1) is 0 Å². The summed E-state index contributed by atoms with van der Waals surface area (Å²) in [5.74, 6) is -1.02. The molecule has 3 aromatic rings. The highest BCUT2D eigenvalue weighted by Gasteiger charge is 2.18. The van der Waals surface area contributed by atoms with E-state index in [9.17, 15) is 13.2 Å². The van der Waals surface area contributed by atoms with Crippen LogP contribution in [0.4, 0.5) is 5.69 Å². The zero-order valence-corrected chi connectivity index (χ0v) is 15.8. The lowest BCUT2D eigenvalue weighted by Crippen LogP contribution is -2.23. The molecular formula is C20H20N2O4S. The number of aromatic carboxylic acids is 1. The van der Waals surface area contributed by atoms with Gasteiger partial charge >= 0.3 is 5.97 Å². The first kappa shape index (κ1) is 18.9. The van der Waals surface area contributed by atoms with Crippen LogP contribution in [0.15, 0.2) is 65.6 Å². The van der Waals surface area contributed by atoms with E-state index in [0.717, 1.165) is 11.1 Å². The van der Waals surface area contributed by atoms with Crippen LogP contribution in [-0.4, -0.2) is 33.6 Å². The van der Waals surface area contributed by atoms with Gasteiger partial charge in [-0.3, -0.25) is 0 Å². The van der Waals surface area contributed by atoms with Crippen molar-refractivity contribution in [3.05, 3.63) is 71.8 Å². The fourth-order valence-corrected chi connectivity index (χ4v) is 4.15. The van der Waals surface area contributed by atoms with E-state index < -0.39 is 16.0 Å². The summed E-state index contributed by atoms with van der Waals surface area (Å²) in [6.45, 7) is 0.0754. The van der Waals surface area contributed by atoms with Crippen LogP contribution in [0.1, 0.15) is 15.9 Å². The highest BCUT2D eigenvalue weighted by atomic mass is 32.2. The highest BCUT2D eigenvalue weighted by Crippen LogP contribution is 2.30. The fourth-order valence-electron chi connectivity index (χ4n) is 2.91. The molecule has 0 heterocycles. The normalized spacial score (nSPS) is 11.5. The Balaban J connectivity index is 1.91. The van der Waals surface area contributed by atoms with Gasteiger partial charge in [0.15, 0.2) is 0 Å². The number of hydrogen-bond donors (Lipinski definition) is 2. The third-order valence-corrected chi connectivity index (χ3v) is 5.76. The molecule has 0 aromatic heterocycles. The van der Waals surface area contributed by atoms with Crippen molar-refractivity contribution in [2.75, 3.05) is 19.0 Å². The summed E-state index contributed by atoms with van der Waals surface area (Å²) in [6.07, 6.45) is 0. The second kappa shape index (κ2) is 7.38. The Kier molecular flexibility index (Phi) is 5.16. The van der Waals surface area contributed by atoms with Crippen molar-refractivity contribution in [2.45, 2.75) is 11.4 Å². The number of fused-ring (bicyclic) bond motifs is 1. The predicted molar refractivity (Wildman–Crippen MR) is 106 cm³/mol. The lowest BCUT2D eigenvalue weighted by molar-refractivity contribution is 0.0697. The maximum absolute atomic E-state index is 12.9. The molecule has 0 fully saturated rings. The molecule has 0 aliphatic heterocycles. The van der Waals surface area contributed by atoms with Crippen LogP contribution in [0.5, 0.6) is 0 Å². The molecule has 0 atom stereocenters. The van der Waals surface area contributed by atoms with Crippen molar-refractivity contribution in [3.8, 4) is 0 Å². The Hall–Kier alpha value is -2.90. The smallest absolute Gasteiger partial charge is 0.335 e. The van der Waals surface area contributed by atoms with Crippen LogP contribution < -0.4 is 9.62 Å². The van der Waals surface area contributed by atoms with Crippen LogP contribution >= 0.6 is 0 Å². The first-order chi connectivity index (χ1) is 12.8. The Bertz CT molecular complexity index is 1090. The summed E-state index contributed by atoms with van der Waals surface area (Å²) in [7, 11) is 0.0846. The van der Waals surface area contributed by atoms with Gasteiger partial charge in [0.1, 0.15) is 0 Å². The Morgan fingerprint density at radius 1 is 0.963 bits per heavy atom. The van der Waals surface area contributed by atoms with Crippen molar-refractivity contribution in [1.82, 2.24) is 4.72 Å². The molecule has 3 rings (SSSR count). The van der Waals surface area contributed by atoms with Gasteiger partial charge in [0, 0.05) is 37.1 Å². The minimum atomic E-state index is -3.74. The first-order valence-corrected chi connectivity index (χ1v) is 9.79. The molecular weight excluding hydrogens is 364 g/mol. The molecule has 3 aromatic carbocycles. The van der Waals surface area contributed by atoms with Gasteiger partial charge in [-0.25, -0.2) is 17.9 Å². The van der Waals surface area contributed by atoms with Gasteiger partial charge in [-0.05, 0) is 29.8 Å². The zero-order valence-electron chi connectivity index (χ0n) is 15.0. The van der Waals surface area contributed by atoms with Gasteiger partial charge in [-0.2, -0.15) is 0 Å². The van der Waals surface area contributed by atoms with E-state index in [1.807, 2.05) is 37.2 Å². The fraction of sp³-hybridized carbons (Fsp3) is 0.150. The van der Waals surface area contributed by atoms with Crippen LogP contribution in [-0.2, 0) is 16.6 Å². The van der Waals surface area contributed by atoms with Gasteiger partial charge in [0.05, 0.1) is 10.5 Å². The maximum atomic E-state index is 12.9. The summed E-state index contributed by atoms with van der Waals surface area (Å²) < 4.78 is 28.3. The molecule has 0 bridgehead atoms. The van der Waals surface area contributed by atoms with Crippen molar-refractivity contribution in [3.63, 3.8) is 0 Å². The first-order valence-electron chi connectivity index (χ1n) is 8.30. The number of nitrogens with one attached hydrogen (secondary N) is 1. The van der Waals surface area contributed by atoms with E-state index in [-0.39, 0.29) is 17.0 Å². The van der Waals surface area contributed by atoms with E-state index in [4.69, 9.17) is 5.11 Å². The molecule has 140 valence electrons. The van der Waals surface area contributed by atoms with Gasteiger partial charge in [-0.1, -0.05) is 36.4 Å². The predicted octanol–water partition coefficient (Wildman–Crippen LogP) is 3.08. The minimum absolute atomic E-state index is 0.0754. The Morgan fingerprint density at radius 2 is 1.59 bits per heavy atom. The number of carbonyl (C=O) groups is 1. The minimum Gasteiger partial charge on any atom is -0.478 e. The number of anilines is 1. The number of nitrogens with zero attached hydrogens (tertiary/aromatic N) is 1. The quantitative estimate of drug-likeness (QED) is 0.682. The molecule has 2 N–H and O–H groups in total. The molecule has 0 amide bonds. The summed E-state index contributed by atoms with van der Waals surface area (Å²) >= 11 is 0. The third kappa shape index (κ3) is 3.94. The van der Waals surface area contributed by atoms with E-state index in [2.05, 4.69) is 4.72 Å². The van der Waals surface area contributed by atoms with Crippen LogP contribution in [0.3, 0.4) is 0 Å². The molecule has 0 spiro atoms. The summed E-state index contributed by atoms with van der Waals surface area (Å²) in [6, 6.07) is 16.9. The van der Waals surface area contributed by atoms with Gasteiger partial charge < -0.3 is 10.0 Å². The molecule has 0 saturated heterocycles. The van der Waals surface area contributed by atoms with Crippen LogP contribution in [0.25, 0.3) is 10.8 Å². The van der Waals surface area contributed by atoms with Crippen molar-refractivity contribution in [1.29, 1.82) is 0 Å². The molecule has 0 aliphatic carbocycles. The van der Waals surface area contributed by atoms with E-state index in [1.165, 1.54) is 12.1 Å². The molecule has 6 nitrogen and oxygen atoms in total. The summed E-state index contributed by atoms with van der Waals surface area (Å²) in [4.78, 5) is 13.1. The molecule has 0 unspecified atom stereocenters. The highest BCUT2D eigenvalue weighted by molar-refractivity contribution is 7.89. The summed E-state index contributed by atoms with van der Waals surface area (Å²) in [5.41, 5.74) is 1.78. The van der Waals surface area contributed by atoms with Gasteiger partial charge in [0.25, 0.3) is 0 Å². The number of hydrogen-bond acceptors (Lipinski definition) is 4. The number of rotatable bonds is 6. The second-order valence-electron chi connectivity index (χ2n) is 6.35. The van der Waals surface area contributed by atoms with E-state index in [0.29, 0.717) is 10.9 Å². The Labute approximate surface area is 158 Å². The summed E-state index contributed by atoms with van der Waals surface area (Å²) in [5, 5.41) is 10.4. The van der Waals surface area contributed by atoms with Crippen LogP contribution in [0.2, 0.25) is 0 Å². The standard InChI is InChI=1S/C20H20N2O4S/c1-22(2)18-7-3-6-17-16(18)5-4-8-19(17)27(25,26)21-13-14-9-11-15(12-10-14)20(23)24/h3-12,21H,13H2,1-2H3,(H,23,24). The maximum Gasteiger partial charge on any atom is 0.335 e. The number of carboxylic acids is 1. The van der Waals surface area contributed by atoms with Crippen molar-refractivity contribution < 1.29 is 18.3 Å². The number of benzene rings is 3. The average molecular weight is 384 g/mol. The Morgan fingerprint density at radius 3 is 2.22 bits per heavy atom. The molecule has 0 radical (unpaired) electrons. The molecule has 27 heavy (non-hydrogen) atoms.